The molecule has 0 radical (unpaired) electrons. The van der Waals surface area contributed by atoms with Gasteiger partial charge in [-0.15, -0.1) is 0 Å². The van der Waals surface area contributed by atoms with Crippen LogP contribution < -0.4 is 19.1 Å². The molecule has 3 aromatic rings. The minimum Gasteiger partial charge on any atom is -0.497 e. The Bertz CT molecular complexity index is 1390. The normalized spacial score (nSPS) is 11.8. The molecule has 0 aromatic heterocycles. The summed E-state index contributed by atoms with van der Waals surface area (Å²) in [5, 5.41) is 2.88. The number of amides is 2. The van der Waals surface area contributed by atoms with Crippen LogP contribution in [-0.4, -0.2) is 58.5 Å². The number of anilines is 1. The predicted molar refractivity (Wildman–Crippen MR) is 160 cm³/mol. The Morgan fingerprint density at radius 2 is 1.44 bits per heavy atom. The van der Waals surface area contributed by atoms with Crippen LogP contribution in [0.25, 0.3) is 0 Å². The quantitative estimate of drug-likeness (QED) is 0.280. The number of carbonyl (C=O) groups excluding carboxylic acids is 2. The van der Waals surface area contributed by atoms with Crippen molar-refractivity contribution in [2.45, 2.75) is 51.1 Å². The zero-order valence-electron chi connectivity index (χ0n) is 24.3. The lowest BCUT2D eigenvalue weighted by atomic mass is 10.1. The molecule has 2 amide bonds. The molecule has 10 heteroatoms. The molecule has 41 heavy (non-hydrogen) atoms. The number of hydrogen-bond acceptors (Lipinski definition) is 6. The van der Waals surface area contributed by atoms with Gasteiger partial charge in [0.15, 0.2) is 0 Å². The van der Waals surface area contributed by atoms with E-state index >= 15 is 0 Å². The summed E-state index contributed by atoms with van der Waals surface area (Å²) in [6.45, 7) is 5.67. The lowest BCUT2D eigenvalue weighted by molar-refractivity contribution is -0.139. The monoisotopic (exact) mass is 581 g/mol. The van der Waals surface area contributed by atoms with Crippen molar-refractivity contribution in [2.75, 3.05) is 31.6 Å². The van der Waals surface area contributed by atoms with E-state index in [0.717, 1.165) is 28.3 Å². The van der Waals surface area contributed by atoms with Gasteiger partial charge in [0.25, 0.3) is 10.0 Å². The topological polar surface area (TPSA) is 105 Å². The highest BCUT2D eigenvalue weighted by Crippen LogP contribution is 2.26. The van der Waals surface area contributed by atoms with Gasteiger partial charge in [0.2, 0.25) is 11.8 Å². The first-order chi connectivity index (χ1) is 19.6. The number of ether oxygens (including phenoxy) is 2. The largest absolute Gasteiger partial charge is 0.497 e. The van der Waals surface area contributed by atoms with Gasteiger partial charge in [-0.3, -0.25) is 13.9 Å². The number of unbranched alkanes of at least 4 members (excludes halogenated alkanes) is 1. The first-order valence-corrected chi connectivity index (χ1v) is 15.0. The molecule has 1 unspecified atom stereocenters. The second kappa shape index (κ2) is 14.5. The maximum Gasteiger partial charge on any atom is 0.264 e. The van der Waals surface area contributed by atoms with Gasteiger partial charge < -0.3 is 19.7 Å². The Balaban J connectivity index is 1.99. The lowest BCUT2D eigenvalue weighted by Crippen LogP contribution is -2.51. The van der Waals surface area contributed by atoms with E-state index in [-0.39, 0.29) is 17.3 Å². The fourth-order valence-electron chi connectivity index (χ4n) is 4.16. The van der Waals surface area contributed by atoms with Gasteiger partial charge in [-0.2, -0.15) is 0 Å². The third kappa shape index (κ3) is 8.23. The molecular weight excluding hydrogens is 542 g/mol. The molecule has 0 aliphatic rings. The molecular formula is C31H39N3O6S. The van der Waals surface area contributed by atoms with Crippen molar-refractivity contribution in [1.29, 1.82) is 0 Å². The van der Waals surface area contributed by atoms with Crippen LogP contribution in [0, 0.1) is 6.92 Å². The van der Waals surface area contributed by atoms with Crippen molar-refractivity contribution >= 4 is 27.5 Å². The van der Waals surface area contributed by atoms with E-state index in [2.05, 4.69) is 5.32 Å². The number of hydrogen-bond donors (Lipinski definition) is 1. The third-order valence-corrected chi connectivity index (χ3v) is 8.55. The van der Waals surface area contributed by atoms with Gasteiger partial charge in [-0.25, -0.2) is 8.42 Å². The van der Waals surface area contributed by atoms with Gasteiger partial charge in [0, 0.05) is 13.1 Å². The Hall–Kier alpha value is -4.05. The van der Waals surface area contributed by atoms with Crippen molar-refractivity contribution in [3.8, 4) is 11.5 Å². The summed E-state index contributed by atoms with van der Waals surface area (Å²) in [6.07, 6.45) is 1.73. The molecule has 1 atom stereocenters. The smallest absolute Gasteiger partial charge is 0.264 e. The Labute approximate surface area is 243 Å². The van der Waals surface area contributed by atoms with Crippen LogP contribution in [0.3, 0.4) is 0 Å². The van der Waals surface area contributed by atoms with Gasteiger partial charge >= 0.3 is 0 Å². The number of aryl methyl sites for hydroxylation is 1. The summed E-state index contributed by atoms with van der Waals surface area (Å²) in [7, 11) is -1.09. The number of carbonyl (C=O) groups is 2. The van der Waals surface area contributed by atoms with Crippen molar-refractivity contribution < 1.29 is 27.5 Å². The lowest BCUT2D eigenvalue weighted by Gasteiger charge is -2.32. The molecule has 0 aliphatic carbocycles. The average molecular weight is 582 g/mol. The molecule has 3 rings (SSSR count). The van der Waals surface area contributed by atoms with Crippen LogP contribution in [0.15, 0.2) is 77.7 Å². The summed E-state index contributed by atoms with van der Waals surface area (Å²) in [5.41, 5.74) is 2.05. The summed E-state index contributed by atoms with van der Waals surface area (Å²) in [6, 6.07) is 19.2. The molecule has 0 saturated heterocycles. The highest BCUT2D eigenvalue weighted by atomic mass is 32.2. The Morgan fingerprint density at radius 1 is 0.878 bits per heavy atom. The molecule has 0 fully saturated rings. The highest BCUT2D eigenvalue weighted by Gasteiger charge is 2.32. The molecule has 0 bridgehead atoms. The number of nitrogens with one attached hydrogen (secondary N) is 1. The van der Waals surface area contributed by atoms with E-state index < -0.39 is 28.5 Å². The molecule has 3 aromatic carbocycles. The van der Waals surface area contributed by atoms with Crippen LogP contribution in [0.1, 0.15) is 37.8 Å². The summed E-state index contributed by atoms with van der Waals surface area (Å²) in [5.74, 6) is 0.348. The summed E-state index contributed by atoms with van der Waals surface area (Å²) in [4.78, 5) is 28.5. The van der Waals surface area contributed by atoms with Crippen LogP contribution >= 0.6 is 0 Å². The zero-order chi connectivity index (χ0) is 30.0. The molecule has 0 heterocycles. The van der Waals surface area contributed by atoms with Crippen LogP contribution in [0.2, 0.25) is 0 Å². The SMILES string of the molecule is CCCCNC(=O)C(C)N(Cc1ccc(OC)cc1)C(=O)CN(c1ccc(C)cc1)S(=O)(=O)c1ccc(OC)cc1. The maximum atomic E-state index is 14.0. The molecule has 9 nitrogen and oxygen atoms in total. The van der Waals surface area contributed by atoms with E-state index in [1.54, 1.807) is 62.6 Å². The predicted octanol–water partition coefficient (Wildman–Crippen LogP) is 4.54. The highest BCUT2D eigenvalue weighted by molar-refractivity contribution is 7.92. The second-order valence-electron chi connectivity index (χ2n) is 9.71. The van der Waals surface area contributed by atoms with Gasteiger partial charge in [-0.1, -0.05) is 43.2 Å². The van der Waals surface area contributed by atoms with Crippen molar-refractivity contribution in [3.05, 3.63) is 83.9 Å². The van der Waals surface area contributed by atoms with Crippen molar-refractivity contribution in [1.82, 2.24) is 10.2 Å². The number of sulfonamides is 1. The zero-order valence-corrected chi connectivity index (χ0v) is 25.1. The molecule has 0 aliphatic heterocycles. The maximum absolute atomic E-state index is 14.0. The molecule has 0 saturated carbocycles. The van der Waals surface area contributed by atoms with Gasteiger partial charge in [0.05, 0.1) is 24.8 Å². The van der Waals surface area contributed by atoms with E-state index in [1.807, 2.05) is 26.0 Å². The number of rotatable bonds is 14. The van der Waals surface area contributed by atoms with E-state index in [0.29, 0.717) is 23.7 Å². The first-order valence-electron chi connectivity index (χ1n) is 13.5. The summed E-state index contributed by atoms with van der Waals surface area (Å²) >= 11 is 0. The molecule has 1 N–H and O–H groups in total. The minimum absolute atomic E-state index is 0.0127. The third-order valence-electron chi connectivity index (χ3n) is 6.76. The summed E-state index contributed by atoms with van der Waals surface area (Å²) < 4.78 is 39.3. The van der Waals surface area contributed by atoms with Gasteiger partial charge in [-0.05, 0) is 74.4 Å². The van der Waals surface area contributed by atoms with E-state index in [1.165, 1.54) is 24.1 Å². The van der Waals surface area contributed by atoms with Gasteiger partial charge in [0.1, 0.15) is 24.1 Å². The number of benzene rings is 3. The van der Waals surface area contributed by atoms with Crippen molar-refractivity contribution in [3.63, 3.8) is 0 Å². The standard InChI is InChI=1S/C31H39N3O6S/c1-6-7-20-32-31(36)24(3)33(21-25-10-14-27(39-4)15-11-25)30(35)22-34(26-12-8-23(2)9-13-26)41(37,38)29-18-16-28(40-5)17-19-29/h8-19,24H,6-7,20-22H2,1-5H3,(H,32,36). The second-order valence-corrected chi connectivity index (χ2v) is 11.6. The fraction of sp³-hybridized carbons (Fsp3) is 0.355. The Kier molecular flexibility index (Phi) is 11.2. The van der Waals surface area contributed by atoms with Crippen molar-refractivity contribution in [2.24, 2.45) is 0 Å². The fourth-order valence-corrected chi connectivity index (χ4v) is 5.58. The number of nitrogens with zero attached hydrogens (tertiary/aromatic N) is 2. The van der Waals surface area contributed by atoms with Crippen LogP contribution in [0.5, 0.6) is 11.5 Å². The minimum atomic E-state index is -4.15. The van der Waals surface area contributed by atoms with Crippen LogP contribution in [0.4, 0.5) is 5.69 Å². The van der Waals surface area contributed by atoms with E-state index in [4.69, 9.17) is 9.47 Å². The van der Waals surface area contributed by atoms with Crippen LogP contribution in [-0.2, 0) is 26.2 Å². The molecule has 220 valence electrons. The van der Waals surface area contributed by atoms with E-state index in [9.17, 15) is 18.0 Å². The molecule has 0 spiro atoms. The number of methoxy groups -OCH3 is 2. The Morgan fingerprint density at radius 3 is 1.98 bits per heavy atom. The average Bonchev–Trinajstić information content (AvgIpc) is 2.99. The first kappa shape index (κ1) is 31.5.